The Labute approximate surface area is 129 Å². The van der Waals surface area contributed by atoms with Gasteiger partial charge in [0.1, 0.15) is 0 Å². The third-order valence-electron chi connectivity index (χ3n) is 4.76. The quantitative estimate of drug-likeness (QED) is 0.785. The molecule has 2 unspecified atom stereocenters. The average molecular weight is 293 g/mol. The summed E-state index contributed by atoms with van der Waals surface area (Å²) in [5.74, 6) is 0.840. The number of aromatic nitrogens is 2. The van der Waals surface area contributed by atoms with Crippen LogP contribution in [0.1, 0.15) is 55.6 Å². The fourth-order valence-electron chi connectivity index (χ4n) is 3.55. The van der Waals surface area contributed by atoms with Crippen LogP contribution < -0.4 is 5.32 Å². The van der Waals surface area contributed by atoms with Gasteiger partial charge in [0.2, 0.25) is 0 Å². The van der Waals surface area contributed by atoms with Crippen LogP contribution in [0.25, 0.3) is 0 Å². The van der Waals surface area contributed by atoms with E-state index in [1.807, 2.05) is 0 Å². The average Bonchev–Trinajstić information content (AvgIpc) is 2.74. The van der Waals surface area contributed by atoms with Crippen molar-refractivity contribution in [2.24, 2.45) is 5.92 Å². The van der Waals surface area contributed by atoms with E-state index in [0.717, 1.165) is 32.0 Å². The van der Waals surface area contributed by atoms with Gasteiger partial charge in [-0.05, 0) is 51.1 Å². The highest BCUT2D eigenvalue weighted by atomic mass is 16.5. The minimum absolute atomic E-state index is 0.614. The summed E-state index contributed by atoms with van der Waals surface area (Å²) >= 11 is 0. The zero-order valence-electron chi connectivity index (χ0n) is 14.1. The normalized spacial score (nSPS) is 22.7. The first-order chi connectivity index (χ1) is 10.1. The number of ether oxygens (including phenoxy) is 1. The standard InChI is InChI=1S/C17H31N3O/c1-13-6-5-7-16(12-13)20-15(3)17(14(2)19-20)8-9-18-10-11-21-4/h13,16,18H,5-12H2,1-4H3. The lowest BCUT2D eigenvalue weighted by molar-refractivity contribution is 0.199. The molecule has 0 aromatic carbocycles. The van der Waals surface area contributed by atoms with Crippen LogP contribution in [0.15, 0.2) is 0 Å². The number of nitrogens with one attached hydrogen (secondary N) is 1. The zero-order chi connectivity index (χ0) is 15.2. The van der Waals surface area contributed by atoms with Crippen molar-refractivity contribution in [3.8, 4) is 0 Å². The summed E-state index contributed by atoms with van der Waals surface area (Å²) in [7, 11) is 1.74. The van der Waals surface area contributed by atoms with E-state index in [-0.39, 0.29) is 0 Å². The molecule has 1 heterocycles. The van der Waals surface area contributed by atoms with Gasteiger partial charge >= 0.3 is 0 Å². The van der Waals surface area contributed by atoms with Crippen molar-refractivity contribution in [2.45, 2.75) is 58.9 Å². The van der Waals surface area contributed by atoms with E-state index in [4.69, 9.17) is 9.84 Å². The number of hydrogen-bond acceptors (Lipinski definition) is 3. The summed E-state index contributed by atoms with van der Waals surface area (Å²) in [6.07, 6.45) is 6.36. The smallest absolute Gasteiger partial charge is 0.0629 e. The molecule has 0 aliphatic heterocycles. The largest absolute Gasteiger partial charge is 0.383 e. The second kappa shape index (κ2) is 7.95. The molecule has 0 spiro atoms. The Hall–Kier alpha value is -0.870. The molecule has 0 amide bonds. The van der Waals surface area contributed by atoms with Crippen LogP contribution in [-0.4, -0.2) is 36.6 Å². The summed E-state index contributed by atoms with van der Waals surface area (Å²) in [4.78, 5) is 0. The molecule has 21 heavy (non-hydrogen) atoms. The molecule has 1 aromatic rings. The lowest BCUT2D eigenvalue weighted by atomic mass is 9.87. The molecule has 4 nitrogen and oxygen atoms in total. The van der Waals surface area contributed by atoms with E-state index in [0.29, 0.717) is 6.04 Å². The van der Waals surface area contributed by atoms with E-state index in [1.165, 1.54) is 42.6 Å². The SMILES string of the molecule is COCCNCCc1c(C)nn(C2CCCC(C)C2)c1C. The molecular weight excluding hydrogens is 262 g/mol. The molecule has 1 aromatic heterocycles. The van der Waals surface area contributed by atoms with Crippen LogP contribution in [0, 0.1) is 19.8 Å². The van der Waals surface area contributed by atoms with Crippen LogP contribution >= 0.6 is 0 Å². The van der Waals surface area contributed by atoms with Crippen LogP contribution in [0.2, 0.25) is 0 Å². The molecule has 0 bridgehead atoms. The Morgan fingerprint density at radius 3 is 2.81 bits per heavy atom. The Balaban J connectivity index is 1.96. The second-order valence-corrected chi connectivity index (χ2v) is 6.51. The molecule has 120 valence electrons. The van der Waals surface area contributed by atoms with Crippen molar-refractivity contribution in [2.75, 3.05) is 26.8 Å². The van der Waals surface area contributed by atoms with Crippen LogP contribution in [0.4, 0.5) is 0 Å². The van der Waals surface area contributed by atoms with Crippen molar-refractivity contribution < 1.29 is 4.74 Å². The van der Waals surface area contributed by atoms with Gasteiger partial charge in [-0.1, -0.05) is 19.8 Å². The molecule has 1 aliphatic rings. The minimum Gasteiger partial charge on any atom is -0.383 e. The first-order valence-corrected chi connectivity index (χ1v) is 8.37. The fraction of sp³-hybridized carbons (Fsp3) is 0.824. The van der Waals surface area contributed by atoms with Crippen molar-refractivity contribution in [3.05, 3.63) is 17.0 Å². The molecular formula is C17H31N3O. The highest BCUT2D eigenvalue weighted by molar-refractivity contribution is 5.25. The first kappa shape index (κ1) is 16.5. The monoisotopic (exact) mass is 293 g/mol. The predicted octanol–water partition coefficient (Wildman–Crippen LogP) is 3.03. The zero-order valence-corrected chi connectivity index (χ0v) is 14.1. The summed E-state index contributed by atoms with van der Waals surface area (Å²) in [5, 5.41) is 8.27. The minimum atomic E-state index is 0.614. The van der Waals surface area contributed by atoms with Crippen LogP contribution in [0.3, 0.4) is 0 Å². The molecule has 1 N–H and O–H groups in total. The molecule has 0 radical (unpaired) electrons. The number of rotatable bonds is 7. The number of methoxy groups -OCH3 is 1. The van der Waals surface area contributed by atoms with Gasteiger partial charge in [-0.2, -0.15) is 5.10 Å². The van der Waals surface area contributed by atoms with Gasteiger partial charge < -0.3 is 10.1 Å². The van der Waals surface area contributed by atoms with Gasteiger partial charge in [-0.25, -0.2) is 0 Å². The molecule has 4 heteroatoms. The van der Waals surface area contributed by atoms with Crippen LogP contribution in [-0.2, 0) is 11.2 Å². The fourth-order valence-corrected chi connectivity index (χ4v) is 3.55. The summed E-state index contributed by atoms with van der Waals surface area (Å²) in [6, 6.07) is 0.614. The maximum absolute atomic E-state index is 5.06. The molecule has 1 saturated carbocycles. The molecule has 1 aliphatic carbocycles. The molecule has 2 rings (SSSR count). The van der Waals surface area contributed by atoms with E-state index in [1.54, 1.807) is 7.11 Å². The van der Waals surface area contributed by atoms with E-state index >= 15 is 0 Å². The van der Waals surface area contributed by atoms with E-state index in [2.05, 4.69) is 30.8 Å². The Morgan fingerprint density at radius 1 is 1.29 bits per heavy atom. The van der Waals surface area contributed by atoms with Gasteiger partial charge in [-0.3, -0.25) is 4.68 Å². The van der Waals surface area contributed by atoms with Crippen molar-refractivity contribution >= 4 is 0 Å². The maximum Gasteiger partial charge on any atom is 0.0629 e. The third-order valence-corrected chi connectivity index (χ3v) is 4.76. The van der Waals surface area contributed by atoms with Gasteiger partial charge in [0.25, 0.3) is 0 Å². The van der Waals surface area contributed by atoms with Gasteiger partial charge in [-0.15, -0.1) is 0 Å². The third kappa shape index (κ3) is 4.30. The van der Waals surface area contributed by atoms with Crippen molar-refractivity contribution in [3.63, 3.8) is 0 Å². The summed E-state index contributed by atoms with van der Waals surface area (Å²) < 4.78 is 7.37. The number of aryl methyl sites for hydroxylation is 1. The van der Waals surface area contributed by atoms with Gasteiger partial charge in [0, 0.05) is 19.3 Å². The topological polar surface area (TPSA) is 39.1 Å². The summed E-state index contributed by atoms with van der Waals surface area (Å²) in [5.41, 5.74) is 4.01. The van der Waals surface area contributed by atoms with Gasteiger partial charge in [0.15, 0.2) is 0 Å². The maximum atomic E-state index is 5.06. The number of nitrogens with zero attached hydrogens (tertiary/aromatic N) is 2. The Kier molecular flexibility index (Phi) is 6.24. The Bertz CT molecular complexity index is 441. The predicted molar refractivity (Wildman–Crippen MR) is 86.8 cm³/mol. The van der Waals surface area contributed by atoms with Crippen molar-refractivity contribution in [1.29, 1.82) is 0 Å². The first-order valence-electron chi connectivity index (χ1n) is 8.37. The molecule has 1 fully saturated rings. The van der Waals surface area contributed by atoms with Crippen LogP contribution in [0.5, 0.6) is 0 Å². The van der Waals surface area contributed by atoms with E-state index < -0.39 is 0 Å². The lowest BCUT2D eigenvalue weighted by Crippen LogP contribution is -2.22. The Morgan fingerprint density at radius 2 is 2.10 bits per heavy atom. The molecule has 0 saturated heterocycles. The summed E-state index contributed by atoms with van der Waals surface area (Å²) in [6.45, 7) is 9.46. The van der Waals surface area contributed by atoms with Crippen molar-refractivity contribution in [1.82, 2.24) is 15.1 Å². The highest BCUT2D eigenvalue weighted by Crippen LogP contribution is 2.33. The second-order valence-electron chi connectivity index (χ2n) is 6.51. The lowest BCUT2D eigenvalue weighted by Gasteiger charge is -2.28. The molecule has 2 atom stereocenters. The highest BCUT2D eigenvalue weighted by Gasteiger charge is 2.23. The number of hydrogen-bond donors (Lipinski definition) is 1. The van der Waals surface area contributed by atoms with Gasteiger partial charge in [0.05, 0.1) is 18.3 Å². The van der Waals surface area contributed by atoms with E-state index in [9.17, 15) is 0 Å².